The first-order valence-corrected chi connectivity index (χ1v) is 6.20. The first-order chi connectivity index (χ1) is 7.88. The molecule has 94 valence electrons. The monoisotopic (exact) mass is 230 g/mol. The largest absolute Gasteiger partial charge is 0.100 e. The Labute approximate surface area is 107 Å². The van der Waals surface area contributed by atoms with Gasteiger partial charge in [-0.15, -0.1) is 6.58 Å². The van der Waals surface area contributed by atoms with Gasteiger partial charge in [0, 0.05) is 5.92 Å². The predicted octanol–water partition coefficient (Wildman–Crippen LogP) is 5.65. The first-order valence-electron chi connectivity index (χ1n) is 6.20. The van der Waals surface area contributed by atoms with Gasteiger partial charge in [-0.3, -0.25) is 0 Å². The molecule has 1 aromatic rings. The van der Waals surface area contributed by atoms with E-state index in [1.54, 1.807) is 0 Å². The summed E-state index contributed by atoms with van der Waals surface area (Å²) >= 11 is 0. The average Bonchev–Trinajstić information content (AvgIpc) is 2.26. The third-order valence-corrected chi connectivity index (χ3v) is 2.68. The molecular formula is C17H26. The molecule has 0 heterocycles. The molecule has 1 atom stereocenters. The highest BCUT2D eigenvalue weighted by molar-refractivity contribution is 5.30. The van der Waals surface area contributed by atoms with E-state index < -0.39 is 0 Å². The van der Waals surface area contributed by atoms with Crippen molar-refractivity contribution in [3.8, 4) is 0 Å². The Hall–Kier alpha value is -1.30. The van der Waals surface area contributed by atoms with E-state index in [9.17, 15) is 0 Å². The standard InChI is InChI=1S/C13H18.C4H8/c1-5-11(3)12(4)13-8-6-7-10(2)9-13;1-4(2)3/h5-9,12H,1-4H3;1H2,2-3H3/b11-5+;. The van der Waals surface area contributed by atoms with Gasteiger partial charge in [-0.25, -0.2) is 0 Å². The minimum absolute atomic E-state index is 0.546. The fourth-order valence-corrected chi connectivity index (χ4v) is 1.45. The molecule has 0 aromatic heterocycles. The van der Waals surface area contributed by atoms with Crippen LogP contribution in [0.4, 0.5) is 0 Å². The van der Waals surface area contributed by atoms with Gasteiger partial charge in [0.1, 0.15) is 0 Å². The quantitative estimate of drug-likeness (QED) is 0.576. The summed E-state index contributed by atoms with van der Waals surface area (Å²) in [6.45, 7) is 16.2. The second kappa shape index (κ2) is 7.89. The van der Waals surface area contributed by atoms with Gasteiger partial charge in [-0.1, -0.05) is 54.0 Å². The lowest BCUT2D eigenvalue weighted by molar-refractivity contribution is 0.888. The molecule has 0 aliphatic carbocycles. The maximum Gasteiger partial charge on any atom is 0.00170 e. The van der Waals surface area contributed by atoms with Crippen LogP contribution in [0.1, 0.15) is 51.7 Å². The van der Waals surface area contributed by atoms with E-state index in [1.807, 2.05) is 13.8 Å². The molecule has 0 saturated carbocycles. The third-order valence-electron chi connectivity index (χ3n) is 2.68. The van der Waals surface area contributed by atoms with Crippen LogP contribution < -0.4 is 0 Å². The van der Waals surface area contributed by atoms with Crippen molar-refractivity contribution >= 4 is 0 Å². The van der Waals surface area contributed by atoms with Crippen molar-refractivity contribution < 1.29 is 0 Å². The Bertz CT molecular complexity index is 379. The van der Waals surface area contributed by atoms with Crippen molar-refractivity contribution in [2.45, 2.75) is 47.5 Å². The van der Waals surface area contributed by atoms with E-state index in [0.29, 0.717) is 5.92 Å². The SMILES string of the molecule is C/C=C(\C)C(C)c1cccc(C)c1.C=C(C)C. The maximum atomic E-state index is 3.56. The number of allylic oxidation sites excluding steroid dienone is 3. The van der Waals surface area contributed by atoms with Crippen molar-refractivity contribution in [1.29, 1.82) is 0 Å². The molecule has 1 aromatic carbocycles. The van der Waals surface area contributed by atoms with Crippen molar-refractivity contribution in [2.24, 2.45) is 0 Å². The molecule has 0 fully saturated rings. The maximum absolute atomic E-state index is 3.56. The molecule has 1 rings (SSSR count). The minimum atomic E-state index is 0.546. The summed E-state index contributed by atoms with van der Waals surface area (Å²) in [7, 11) is 0. The molecule has 1 unspecified atom stereocenters. The van der Waals surface area contributed by atoms with E-state index in [2.05, 4.69) is 64.6 Å². The van der Waals surface area contributed by atoms with E-state index in [0.717, 1.165) is 0 Å². The number of hydrogen-bond donors (Lipinski definition) is 0. The average molecular weight is 230 g/mol. The van der Waals surface area contributed by atoms with Gasteiger partial charge < -0.3 is 0 Å². The van der Waals surface area contributed by atoms with Gasteiger partial charge >= 0.3 is 0 Å². The molecular weight excluding hydrogens is 204 g/mol. The Morgan fingerprint density at radius 1 is 1.24 bits per heavy atom. The van der Waals surface area contributed by atoms with Crippen LogP contribution in [0.25, 0.3) is 0 Å². The summed E-state index contributed by atoms with van der Waals surface area (Å²) in [5.41, 5.74) is 5.36. The highest BCUT2D eigenvalue weighted by Crippen LogP contribution is 2.23. The molecule has 0 aliphatic rings. The van der Waals surface area contributed by atoms with Crippen LogP contribution in [-0.2, 0) is 0 Å². The third kappa shape index (κ3) is 6.78. The molecule has 17 heavy (non-hydrogen) atoms. The van der Waals surface area contributed by atoms with Crippen LogP contribution in [-0.4, -0.2) is 0 Å². The van der Waals surface area contributed by atoms with Gasteiger partial charge in [-0.05, 0) is 40.2 Å². The summed E-state index contributed by atoms with van der Waals surface area (Å²) in [6, 6.07) is 8.73. The fourth-order valence-electron chi connectivity index (χ4n) is 1.45. The second-order valence-electron chi connectivity index (χ2n) is 4.88. The smallest absolute Gasteiger partial charge is 0.00170 e. The Morgan fingerprint density at radius 3 is 2.18 bits per heavy atom. The predicted molar refractivity (Wildman–Crippen MR) is 79.5 cm³/mol. The van der Waals surface area contributed by atoms with Crippen LogP contribution in [0.15, 0.2) is 48.1 Å². The van der Waals surface area contributed by atoms with E-state index >= 15 is 0 Å². The molecule has 0 N–H and O–H groups in total. The highest BCUT2D eigenvalue weighted by atomic mass is 14.1. The van der Waals surface area contributed by atoms with E-state index in [1.165, 1.54) is 22.3 Å². The topological polar surface area (TPSA) is 0 Å². The Morgan fingerprint density at radius 2 is 1.76 bits per heavy atom. The zero-order valence-corrected chi connectivity index (χ0v) is 12.2. The summed E-state index contributed by atoms with van der Waals surface area (Å²) in [5.74, 6) is 0.546. The molecule has 0 amide bonds. The molecule has 0 nitrogen and oxygen atoms in total. The van der Waals surface area contributed by atoms with Crippen LogP contribution in [0.3, 0.4) is 0 Å². The Balaban J connectivity index is 0.000000557. The zero-order chi connectivity index (χ0) is 13.4. The van der Waals surface area contributed by atoms with Gasteiger partial charge in [0.15, 0.2) is 0 Å². The van der Waals surface area contributed by atoms with Crippen LogP contribution >= 0.6 is 0 Å². The van der Waals surface area contributed by atoms with Crippen LogP contribution in [0.2, 0.25) is 0 Å². The summed E-state index contributed by atoms with van der Waals surface area (Å²) in [4.78, 5) is 0. The van der Waals surface area contributed by atoms with E-state index in [4.69, 9.17) is 0 Å². The van der Waals surface area contributed by atoms with Crippen molar-refractivity contribution in [3.63, 3.8) is 0 Å². The Kier molecular flexibility index (Phi) is 7.29. The van der Waals surface area contributed by atoms with Crippen molar-refractivity contribution in [1.82, 2.24) is 0 Å². The lowest BCUT2D eigenvalue weighted by atomic mass is 9.93. The highest BCUT2D eigenvalue weighted by Gasteiger charge is 2.05. The van der Waals surface area contributed by atoms with Gasteiger partial charge in [0.05, 0.1) is 0 Å². The molecule has 0 spiro atoms. The molecule has 0 heteroatoms. The molecule has 0 aliphatic heterocycles. The van der Waals surface area contributed by atoms with Crippen LogP contribution in [0, 0.1) is 6.92 Å². The zero-order valence-electron chi connectivity index (χ0n) is 12.2. The van der Waals surface area contributed by atoms with Crippen molar-refractivity contribution in [3.05, 3.63) is 59.2 Å². The summed E-state index contributed by atoms with van der Waals surface area (Å²) in [5, 5.41) is 0. The van der Waals surface area contributed by atoms with Crippen LogP contribution in [0.5, 0.6) is 0 Å². The first kappa shape index (κ1) is 15.7. The van der Waals surface area contributed by atoms with Gasteiger partial charge in [0.25, 0.3) is 0 Å². The molecule has 0 radical (unpaired) electrons. The summed E-state index contributed by atoms with van der Waals surface area (Å²) < 4.78 is 0. The molecule has 0 bridgehead atoms. The lowest BCUT2D eigenvalue weighted by Gasteiger charge is -2.12. The van der Waals surface area contributed by atoms with Gasteiger partial charge in [0.2, 0.25) is 0 Å². The van der Waals surface area contributed by atoms with Crippen molar-refractivity contribution in [2.75, 3.05) is 0 Å². The fraction of sp³-hybridized carbons (Fsp3) is 0.412. The summed E-state index contributed by atoms with van der Waals surface area (Å²) in [6.07, 6.45) is 2.19. The number of aryl methyl sites for hydroxylation is 1. The normalized spacial score (nSPS) is 12.5. The van der Waals surface area contributed by atoms with E-state index in [-0.39, 0.29) is 0 Å². The van der Waals surface area contributed by atoms with Gasteiger partial charge in [-0.2, -0.15) is 0 Å². The lowest BCUT2D eigenvalue weighted by Crippen LogP contribution is -1.94. The number of rotatable bonds is 2. The second-order valence-corrected chi connectivity index (χ2v) is 4.88. The molecule has 0 saturated heterocycles. The minimum Gasteiger partial charge on any atom is -0.100 e. The number of hydrogen-bond acceptors (Lipinski definition) is 0. The number of benzene rings is 1.